The van der Waals surface area contributed by atoms with Crippen LogP contribution in [0.3, 0.4) is 0 Å². The van der Waals surface area contributed by atoms with Crippen molar-refractivity contribution in [3.63, 3.8) is 0 Å². The van der Waals surface area contributed by atoms with Crippen LogP contribution in [0.25, 0.3) is 0 Å². The van der Waals surface area contributed by atoms with Crippen molar-refractivity contribution in [2.24, 2.45) is 0 Å². The summed E-state index contributed by atoms with van der Waals surface area (Å²) in [6.07, 6.45) is -1.71. The van der Waals surface area contributed by atoms with Gasteiger partial charge in [0, 0.05) is 5.56 Å². The van der Waals surface area contributed by atoms with E-state index in [1.807, 2.05) is 18.2 Å². The van der Waals surface area contributed by atoms with E-state index in [0.717, 1.165) is 5.56 Å². The van der Waals surface area contributed by atoms with Gasteiger partial charge in [-0.1, -0.05) is 26.0 Å². The minimum absolute atomic E-state index is 0.409. The Morgan fingerprint density at radius 2 is 1.75 bits per heavy atom. The average molecular weight is 224 g/mol. The molecule has 2 atom stereocenters. The highest BCUT2D eigenvalue weighted by molar-refractivity contribution is 5.40. The minimum atomic E-state index is -0.906. The maximum atomic E-state index is 9.81. The molecule has 0 amide bonds. The van der Waals surface area contributed by atoms with E-state index in [4.69, 9.17) is 4.74 Å². The second-order valence-corrected chi connectivity index (χ2v) is 4.34. The fourth-order valence-corrected chi connectivity index (χ4v) is 1.59. The van der Waals surface area contributed by atoms with Gasteiger partial charge in [0.15, 0.2) is 0 Å². The summed E-state index contributed by atoms with van der Waals surface area (Å²) >= 11 is 0. The number of aliphatic hydroxyl groups excluding tert-OH is 2. The van der Waals surface area contributed by atoms with Crippen LogP contribution in [-0.4, -0.2) is 23.4 Å². The zero-order valence-corrected chi connectivity index (χ0v) is 10.3. The number of benzene rings is 1. The van der Waals surface area contributed by atoms with Crippen molar-refractivity contribution in [1.82, 2.24) is 0 Å². The highest BCUT2D eigenvalue weighted by atomic mass is 16.5. The fraction of sp³-hybridized carbons (Fsp3) is 0.538. The minimum Gasteiger partial charge on any atom is -0.496 e. The molecule has 3 nitrogen and oxygen atoms in total. The van der Waals surface area contributed by atoms with Crippen molar-refractivity contribution in [2.75, 3.05) is 7.11 Å². The molecule has 1 rings (SSSR count). The molecule has 0 aromatic heterocycles. The van der Waals surface area contributed by atoms with Gasteiger partial charge in [0.2, 0.25) is 0 Å². The number of methoxy groups -OCH3 is 1. The summed E-state index contributed by atoms with van der Waals surface area (Å²) in [6.45, 7) is 5.75. The zero-order chi connectivity index (χ0) is 12.3. The number of hydrogen-bond acceptors (Lipinski definition) is 3. The summed E-state index contributed by atoms with van der Waals surface area (Å²) in [6, 6.07) is 5.67. The molecule has 0 fully saturated rings. The van der Waals surface area contributed by atoms with Gasteiger partial charge in [0.1, 0.15) is 11.9 Å². The molecular formula is C13H20O3. The van der Waals surface area contributed by atoms with Gasteiger partial charge in [0.05, 0.1) is 13.2 Å². The molecular weight excluding hydrogens is 204 g/mol. The normalized spacial score (nSPS) is 14.9. The molecule has 90 valence electrons. The highest BCUT2D eigenvalue weighted by Crippen LogP contribution is 2.30. The van der Waals surface area contributed by atoms with E-state index in [1.54, 1.807) is 14.0 Å². The molecule has 0 saturated carbocycles. The molecule has 0 saturated heterocycles. The highest BCUT2D eigenvalue weighted by Gasteiger charge is 2.18. The van der Waals surface area contributed by atoms with Crippen molar-refractivity contribution >= 4 is 0 Å². The van der Waals surface area contributed by atoms with Crippen molar-refractivity contribution in [3.05, 3.63) is 29.3 Å². The molecule has 0 aliphatic rings. The summed E-state index contributed by atoms with van der Waals surface area (Å²) in [5, 5.41) is 19.2. The molecule has 1 aromatic rings. The Balaban J connectivity index is 3.11. The van der Waals surface area contributed by atoms with E-state index >= 15 is 0 Å². The van der Waals surface area contributed by atoms with Crippen LogP contribution in [0.15, 0.2) is 18.2 Å². The van der Waals surface area contributed by atoms with Gasteiger partial charge >= 0.3 is 0 Å². The van der Waals surface area contributed by atoms with E-state index in [9.17, 15) is 10.2 Å². The molecule has 0 aliphatic carbocycles. The van der Waals surface area contributed by atoms with Crippen LogP contribution in [0.1, 0.15) is 43.9 Å². The lowest BCUT2D eigenvalue weighted by atomic mass is 9.97. The summed E-state index contributed by atoms with van der Waals surface area (Å²) in [7, 11) is 1.57. The number of rotatable bonds is 4. The first-order valence-corrected chi connectivity index (χ1v) is 5.51. The monoisotopic (exact) mass is 224 g/mol. The molecule has 0 heterocycles. The maximum Gasteiger partial charge on any atom is 0.125 e. The molecule has 16 heavy (non-hydrogen) atoms. The molecule has 2 N–H and O–H groups in total. The molecule has 0 radical (unpaired) electrons. The summed E-state index contributed by atoms with van der Waals surface area (Å²) in [4.78, 5) is 0. The van der Waals surface area contributed by atoms with Crippen molar-refractivity contribution in [1.29, 1.82) is 0 Å². The third kappa shape index (κ3) is 2.74. The number of hydrogen-bond donors (Lipinski definition) is 2. The molecule has 2 unspecified atom stereocenters. The summed E-state index contributed by atoms with van der Waals surface area (Å²) in [5.74, 6) is 1.03. The van der Waals surface area contributed by atoms with Crippen LogP contribution in [0, 0.1) is 0 Å². The molecule has 0 bridgehead atoms. The molecule has 1 aromatic carbocycles. The largest absolute Gasteiger partial charge is 0.496 e. The first kappa shape index (κ1) is 13.0. The smallest absolute Gasteiger partial charge is 0.125 e. The lowest BCUT2D eigenvalue weighted by molar-refractivity contribution is 0.0290. The van der Waals surface area contributed by atoms with Gasteiger partial charge in [-0.05, 0) is 24.5 Å². The molecule has 3 heteroatoms. The maximum absolute atomic E-state index is 9.81. The van der Waals surface area contributed by atoms with Crippen LogP contribution < -0.4 is 4.74 Å². The predicted molar refractivity (Wildman–Crippen MR) is 63.7 cm³/mol. The zero-order valence-electron chi connectivity index (χ0n) is 10.3. The Morgan fingerprint density at radius 3 is 2.19 bits per heavy atom. The van der Waals surface area contributed by atoms with Crippen LogP contribution in [0.4, 0.5) is 0 Å². The van der Waals surface area contributed by atoms with E-state index in [0.29, 0.717) is 17.2 Å². The van der Waals surface area contributed by atoms with E-state index in [1.165, 1.54) is 0 Å². The van der Waals surface area contributed by atoms with E-state index in [-0.39, 0.29) is 0 Å². The van der Waals surface area contributed by atoms with Crippen LogP contribution in [-0.2, 0) is 0 Å². The van der Waals surface area contributed by atoms with Crippen LogP contribution >= 0.6 is 0 Å². The number of aliphatic hydroxyl groups is 2. The van der Waals surface area contributed by atoms with E-state index < -0.39 is 12.2 Å². The second-order valence-electron chi connectivity index (χ2n) is 4.34. The summed E-state index contributed by atoms with van der Waals surface area (Å²) < 4.78 is 5.24. The lowest BCUT2D eigenvalue weighted by Crippen LogP contribution is -2.14. The Bertz CT molecular complexity index is 345. The average Bonchev–Trinajstić information content (AvgIpc) is 2.26. The van der Waals surface area contributed by atoms with Gasteiger partial charge in [-0.25, -0.2) is 0 Å². The molecule has 0 aliphatic heterocycles. The van der Waals surface area contributed by atoms with Crippen molar-refractivity contribution in [3.8, 4) is 5.75 Å². The summed E-state index contributed by atoms with van der Waals surface area (Å²) in [5.41, 5.74) is 1.78. The lowest BCUT2D eigenvalue weighted by Gasteiger charge is -2.18. The SMILES string of the molecule is COc1cc(C(C)C)ccc1C(O)C(C)O. The quantitative estimate of drug-likeness (QED) is 0.824. The van der Waals surface area contributed by atoms with Crippen LogP contribution in [0.5, 0.6) is 5.75 Å². The second kappa shape index (κ2) is 5.32. The first-order chi connectivity index (χ1) is 7.47. The van der Waals surface area contributed by atoms with Gasteiger partial charge in [-0.3, -0.25) is 0 Å². The third-order valence-corrected chi connectivity index (χ3v) is 2.70. The topological polar surface area (TPSA) is 49.7 Å². The Hall–Kier alpha value is -1.06. The van der Waals surface area contributed by atoms with Crippen molar-refractivity contribution in [2.45, 2.75) is 38.9 Å². The Labute approximate surface area is 96.7 Å². The van der Waals surface area contributed by atoms with Gasteiger partial charge < -0.3 is 14.9 Å². The van der Waals surface area contributed by atoms with Gasteiger partial charge in [-0.15, -0.1) is 0 Å². The molecule has 0 spiro atoms. The Kier molecular flexibility index (Phi) is 4.33. The van der Waals surface area contributed by atoms with Crippen LogP contribution in [0.2, 0.25) is 0 Å². The van der Waals surface area contributed by atoms with Gasteiger partial charge in [-0.2, -0.15) is 0 Å². The first-order valence-electron chi connectivity index (χ1n) is 5.51. The predicted octanol–water partition coefficient (Wildman–Crippen LogP) is 2.23. The van der Waals surface area contributed by atoms with Gasteiger partial charge in [0.25, 0.3) is 0 Å². The standard InChI is InChI=1S/C13H20O3/c1-8(2)10-5-6-11(12(7-10)16-4)13(15)9(3)14/h5-9,13-15H,1-4H3. The number of ether oxygens (including phenoxy) is 1. The van der Waals surface area contributed by atoms with Crippen molar-refractivity contribution < 1.29 is 14.9 Å². The van der Waals surface area contributed by atoms with E-state index in [2.05, 4.69) is 13.8 Å². The Morgan fingerprint density at radius 1 is 1.12 bits per heavy atom. The fourth-order valence-electron chi connectivity index (χ4n) is 1.59. The third-order valence-electron chi connectivity index (χ3n) is 2.70.